The second-order valence-electron chi connectivity index (χ2n) is 8.16. The molecule has 7 nitrogen and oxygen atoms in total. The van der Waals surface area contributed by atoms with Crippen molar-refractivity contribution in [3.05, 3.63) is 130 Å². The van der Waals surface area contributed by atoms with E-state index in [9.17, 15) is 14.4 Å². The van der Waals surface area contributed by atoms with Gasteiger partial charge in [0.2, 0.25) is 0 Å². The Morgan fingerprint density at radius 1 is 0.889 bits per heavy atom. The third-order valence-corrected chi connectivity index (χ3v) is 6.11. The smallest absolute Gasteiger partial charge is 0.255 e. The number of carbonyl (C=O) groups is 2. The summed E-state index contributed by atoms with van der Waals surface area (Å²) < 4.78 is 1.51. The first-order chi connectivity index (χ1) is 17.5. The highest BCUT2D eigenvalue weighted by molar-refractivity contribution is 6.35. The Hall–Kier alpha value is -4.62. The molecule has 0 aliphatic carbocycles. The van der Waals surface area contributed by atoms with Gasteiger partial charge in [0.25, 0.3) is 17.4 Å². The number of halogens is 1. The van der Waals surface area contributed by atoms with Gasteiger partial charge in [-0.05, 0) is 48.0 Å². The standard InChI is InChI=1S/C28H21ClN4O3/c29-23-17-30-24-16-19(9-14-22(23)24)27(35)32-26(18-6-2-1-3-7-18)28(36)31-20-10-12-21(13-11-20)33-15-5-4-8-25(33)34/h1-17,26,30H,(H,31,36)(H,32,35). The number of aromatic nitrogens is 2. The number of pyridine rings is 1. The van der Waals surface area contributed by atoms with Crippen LogP contribution in [0.2, 0.25) is 5.02 Å². The first-order valence-corrected chi connectivity index (χ1v) is 11.6. The lowest BCUT2D eigenvalue weighted by Gasteiger charge is -2.19. The predicted molar refractivity (Wildman–Crippen MR) is 141 cm³/mol. The Balaban J connectivity index is 1.37. The summed E-state index contributed by atoms with van der Waals surface area (Å²) in [5.41, 5.74) is 2.82. The van der Waals surface area contributed by atoms with E-state index in [4.69, 9.17) is 11.6 Å². The SMILES string of the molecule is O=C(NC(C(=O)Nc1ccc(-n2ccccc2=O)cc1)c1ccccc1)c1ccc2c(Cl)c[nH]c2c1. The molecule has 0 spiro atoms. The van der Waals surface area contributed by atoms with Crippen LogP contribution in [0.1, 0.15) is 22.0 Å². The largest absolute Gasteiger partial charge is 0.360 e. The van der Waals surface area contributed by atoms with Gasteiger partial charge in [0.05, 0.1) is 5.02 Å². The fourth-order valence-electron chi connectivity index (χ4n) is 3.95. The number of nitrogens with zero attached hydrogens (tertiary/aromatic N) is 1. The molecule has 2 aromatic heterocycles. The Labute approximate surface area is 211 Å². The van der Waals surface area contributed by atoms with Crippen LogP contribution in [-0.4, -0.2) is 21.4 Å². The first-order valence-electron chi connectivity index (χ1n) is 11.2. The molecule has 0 saturated heterocycles. The Kier molecular flexibility index (Phi) is 6.38. The van der Waals surface area contributed by atoms with E-state index in [1.165, 1.54) is 10.6 Å². The highest BCUT2D eigenvalue weighted by Crippen LogP contribution is 2.24. The molecule has 0 fully saturated rings. The zero-order valence-corrected chi connectivity index (χ0v) is 19.7. The van der Waals surface area contributed by atoms with E-state index in [-0.39, 0.29) is 5.56 Å². The van der Waals surface area contributed by atoms with Gasteiger partial charge in [0, 0.05) is 46.3 Å². The Morgan fingerprint density at radius 3 is 2.39 bits per heavy atom. The van der Waals surface area contributed by atoms with Gasteiger partial charge in [0.15, 0.2) is 0 Å². The van der Waals surface area contributed by atoms with E-state index < -0.39 is 17.9 Å². The van der Waals surface area contributed by atoms with Gasteiger partial charge in [-0.25, -0.2) is 0 Å². The lowest BCUT2D eigenvalue weighted by atomic mass is 10.0. The van der Waals surface area contributed by atoms with Crippen molar-refractivity contribution in [3.8, 4) is 5.69 Å². The summed E-state index contributed by atoms with van der Waals surface area (Å²) in [7, 11) is 0. The van der Waals surface area contributed by atoms with Gasteiger partial charge in [-0.15, -0.1) is 0 Å². The molecule has 3 aromatic carbocycles. The van der Waals surface area contributed by atoms with Crippen molar-refractivity contribution >= 4 is 40.0 Å². The number of hydrogen-bond acceptors (Lipinski definition) is 3. The Bertz CT molecular complexity index is 1610. The fourth-order valence-corrected chi connectivity index (χ4v) is 4.17. The number of carbonyl (C=O) groups excluding carboxylic acids is 2. The number of amides is 2. The van der Waals surface area contributed by atoms with Crippen molar-refractivity contribution in [2.45, 2.75) is 6.04 Å². The number of aromatic amines is 1. The van der Waals surface area contributed by atoms with Crippen LogP contribution < -0.4 is 16.2 Å². The summed E-state index contributed by atoms with van der Waals surface area (Å²) in [5.74, 6) is -0.798. The molecule has 36 heavy (non-hydrogen) atoms. The normalized spacial score (nSPS) is 11.7. The van der Waals surface area contributed by atoms with Crippen LogP contribution >= 0.6 is 11.6 Å². The van der Waals surface area contributed by atoms with Gasteiger partial charge in [-0.1, -0.05) is 54.1 Å². The molecule has 0 bridgehead atoms. The number of anilines is 1. The van der Waals surface area contributed by atoms with Crippen LogP contribution in [-0.2, 0) is 4.79 Å². The topological polar surface area (TPSA) is 96.0 Å². The molecule has 0 aliphatic heterocycles. The average molecular weight is 497 g/mol. The number of fused-ring (bicyclic) bond motifs is 1. The van der Waals surface area contributed by atoms with E-state index in [0.717, 1.165) is 10.9 Å². The zero-order valence-electron chi connectivity index (χ0n) is 18.9. The first kappa shape index (κ1) is 23.1. The maximum atomic E-state index is 13.3. The molecule has 5 rings (SSSR count). The molecule has 0 saturated carbocycles. The van der Waals surface area contributed by atoms with Crippen molar-refractivity contribution < 1.29 is 9.59 Å². The number of H-pyrrole nitrogens is 1. The number of nitrogens with one attached hydrogen (secondary N) is 3. The zero-order chi connectivity index (χ0) is 25.1. The third-order valence-electron chi connectivity index (χ3n) is 5.80. The summed E-state index contributed by atoms with van der Waals surface area (Å²) >= 11 is 6.14. The quantitative estimate of drug-likeness (QED) is 0.306. The Morgan fingerprint density at radius 2 is 1.64 bits per heavy atom. The van der Waals surface area contributed by atoms with E-state index >= 15 is 0 Å². The second kappa shape index (κ2) is 9.93. The lowest BCUT2D eigenvalue weighted by molar-refractivity contribution is -0.118. The molecule has 0 radical (unpaired) electrons. The average Bonchev–Trinajstić information content (AvgIpc) is 3.28. The minimum atomic E-state index is -0.932. The highest BCUT2D eigenvalue weighted by Gasteiger charge is 2.24. The molecule has 3 N–H and O–H groups in total. The van der Waals surface area contributed by atoms with Crippen LogP contribution in [0.4, 0.5) is 5.69 Å². The third kappa shape index (κ3) is 4.78. The van der Waals surface area contributed by atoms with Crippen LogP contribution in [0.5, 0.6) is 0 Å². The van der Waals surface area contributed by atoms with Crippen molar-refractivity contribution in [2.24, 2.45) is 0 Å². The summed E-state index contributed by atoms with van der Waals surface area (Å²) in [4.78, 5) is 41.5. The molecule has 2 amide bonds. The number of hydrogen-bond donors (Lipinski definition) is 3. The molecule has 8 heteroatoms. The van der Waals surface area contributed by atoms with Crippen LogP contribution in [0.3, 0.4) is 0 Å². The van der Waals surface area contributed by atoms with Crippen LogP contribution in [0, 0.1) is 0 Å². The van der Waals surface area contributed by atoms with Gasteiger partial charge in [0.1, 0.15) is 6.04 Å². The molecular formula is C28H21ClN4O3. The molecule has 5 aromatic rings. The van der Waals surface area contributed by atoms with Crippen molar-refractivity contribution in [3.63, 3.8) is 0 Å². The summed E-state index contributed by atoms with van der Waals surface area (Å²) in [6.45, 7) is 0. The molecule has 0 aliphatic rings. The van der Waals surface area contributed by atoms with Crippen LogP contribution in [0.25, 0.3) is 16.6 Å². The maximum Gasteiger partial charge on any atom is 0.255 e. The van der Waals surface area contributed by atoms with Gasteiger partial charge < -0.3 is 15.6 Å². The maximum absolute atomic E-state index is 13.3. The van der Waals surface area contributed by atoms with Gasteiger partial charge in [-0.3, -0.25) is 19.0 Å². The minimum Gasteiger partial charge on any atom is -0.360 e. The van der Waals surface area contributed by atoms with E-state index in [1.807, 2.05) is 6.07 Å². The van der Waals surface area contributed by atoms with Crippen molar-refractivity contribution in [1.82, 2.24) is 14.9 Å². The lowest BCUT2D eigenvalue weighted by Crippen LogP contribution is -2.37. The number of benzene rings is 3. The van der Waals surface area contributed by atoms with Crippen molar-refractivity contribution in [2.75, 3.05) is 5.32 Å². The van der Waals surface area contributed by atoms with E-state index in [0.29, 0.717) is 27.5 Å². The van der Waals surface area contributed by atoms with Gasteiger partial charge in [-0.2, -0.15) is 0 Å². The predicted octanol–water partition coefficient (Wildman–Crippen LogP) is 5.08. The monoisotopic (exact) mass is 496 g/mol. The molecule has 2 heterocycles. The van der Waals surface area contributed by atoms with Gasteiger partial charge >= 0.3 is 0 Å². The molecule has 178 valence electrons. The fraction of sp³-hybridized carbons (Fsp3) is 0.0357. The second-order valence-corrected chi connectivity index (χ2v) is 8.57. The summed E-state index contributed by atoms with van der Waals surface area (Å²) in [6, 6.07) is 25.0. The minimum absolute atomic E-state index is 0.152. The van der Waals surface area contributed by atoms with E-state index in [2.05, 4.69) is 15.6 Å². The summed E-state index contributed by atoms with van der Waals surface area (Å²) in [5, 5.41) is 7.08. The highest BCUT2D eigenvalue weighted by atomic mass is 35.5. The van der Waals surface area contributed by atoms with E-state index in [1.54, 1.807) is 91.3 Å². The van der Waals surface area contributed by atoms with Crippen LogP contribution in [0.15, 0.2) is 108 Å². The number of rotatable bonds is 6. The van der Waals surface area contributed by atoms with Crippen molar-refractivity contribution in [1.29, 1.82) is 0 Å². The molecular weight excluding hydrogens is 476 g/mol. The molecule has 1 unspecified atom stereocenters. The summed E-state index contributed by atoms with van der Waals surface area (Å²) in [6.07, 6.45) is 3.34. The molecule has 1 atom stereocenters.